The molecular formula is C12H17BrN4O2. The van der Waals surface area contributed by atoms with E-state index in [0.717, 1.165) is 0 Å². The second-order valence-corrected chi connectivity index (χ2v) is 5.82. The Morgan fingerprint density at radius 3 is 2.74 bits per heavy atom. The van der Waals surface area contributed by atoms with Crippen molar-refractivity contribution < 1.29 is 9.53 Å². The quantitative estimate of drug-likeness (QED) is 0.819. The van der Waals surface area contributed by atoms with Crippen LogP contribution in [0.5, 0.6) is 5.88 Å². The summed E-state index contributed by atoms with van der Waals surface area (Å²) >= 11 is 3.32. The maximum absolute atomic E-state index is 12.2. The summed E-state index contributed by atoms with van der Waals surface area (Å²) in [6, 6.07) is 0. The topological polar surface area (TPSA) is 58.6 Å². The van der Waals surface area contributed by atoms with Crippen molar-refractivity contribution in [2.24, 2.45) is 0 Å². The highest BCUT2D eigenvalue weighted by atomic mass is 79.9. The van der Waals surface area contributed by atoms with E-state index < -0.39 is 5.54 Å². The maximum Gasteiger partial charge on any atom is 0.247 e. The molecule has 2 heterocycles. The van der Waals surface area contributed by atoms with E-state index in [-0.39, 0.29) is 5.91 Å². The number of methoxy groups -OCH3 is 1. The van der Waals surface area contributed by atoms with Crippen molar-refractivity contribution in [2.45, 2.75) is 19.4 Å². The molecule has 1 aromatic heterocycles. The van der Waals surface area contributed by atoms with Crippen LogP contribution in [0.1, 0.15) is 13.8 Å². The molecule has 1 saturated heterocycles. The maximum atomic E-state index is 12.2. The number of ether oxygens (including phenoxy) is 1. The first-order chi connectivity index (χ1) is 8.87. The standard InChI is InChI=1S/C12H17BrN4O2/c1-12(2)10(18)16(3)5-6-17(12)11-14-7-8(13)9(15-11)19-4/h7H,5-6H2,1-4H3. The van der Waals surface area contributed by atoms with E-state index in [9.17, 15) is 4.79 Å². The summed E-state index contributed by atoms with van der Waals surface area (Å²) in [7, 11) is 3.36. The smallest absolute Gasteiger partial charge is 0.247 e. The van der Waals surface area contributed by atoms with Crippen LogP contribution < -0.4 is 9.64 Å². The number of nitrogens with zero attached hydrogens (tertiary/aromatic N) is 4. The van der Waals surface area contributed by atoms with Gasteiger partial charge in [0.2, 0.25) is 17.7 Å². The van der Waals surface area contributed by atoms with Gasteiger partial charge in [-0.15, -0.1) is 0 Å². The van der Waals surface area contributed by atoms with Gasteiger partial charge in [-0.25, -0.2) is 4.98 Å². The molecule has 19 heavy (non-hydrogen) atoms. The molecule has 0 atom stereocenters. The van der Waals surface area contributed by atoms with Gasteiger partial charge in [0.1, 0.15) is 5.54 Å². The van der Waals surface area contributed by atoms with Crippen molar-refractivity contribution in [3.05, 3.63) is 10.7 Å². The van der Waals surface area contributed by atoms with Gasteiger partial charge >= 0.3 is 0 Å². The summed E-state index contributed by atoms with van der Waals surface area (Å²) in [5, 5.41) is 0. The number of piperazine rings is 1. The van der Waals surface area contributed by atoms with Crippen LogP contribution in [-0.4, -0.2) is 53.6 Å². The van der Waals surface area contributed by atoms with Crippen molar-refractivity contribution in [1.82, 2.24) is 14.9 Å². The van der Waals surface area contributed by atoms with Crippen LogP contribution >= 0.6 is 15.9 Å². The number of hydrogen-bond donors (Lipinski definition) is 0. The van der Waals surface area contributed by atoms with E-state index in [1.54, 1.807) is 18.2 Å². The molecule has 1 amide bonds. The number of likely N-dealkylation sites (N-methyl/N-ethyl adjacent to an activating group) is 1. The first-order valence-electron chi connectivity index (χ1n) is 5.97. The number of aromatic nitrogens is 2. The second kappa shape index (κ2) is 4.96. The molecule has 6 nitrogen and oxygen atoms in total. The van der Waals surface area contributed by atoms with Gasteiger partial charge in [0.15, 0.2) is 0 Å². The summed E-state index contributed by atoms with van der Waals surface area (Å²) in [6.45, 7) is 5.11. The van der Waals surface area contributed by atoms with Crippen LogP contribution in [0.3, 0.4) is 0 Å². The Morgan fingerprint density at radius 1 is 1.42 bits per heavy atom. The van der Waals surface area contributed by atoms with E-state index in [1.807, 2.05) is 25.8 Å². The molecule has 1 aliphatic rings. The number of hydrogen-bond acceptors (Lipinski definition) is 5. The number of rotatable bonds is 2. The van der Waals surface area contributed by atoms with Crippen molar-refractivity contribution in [3.8, 4) is 5.88 Å². The highest BCUT2D eigenvalue weighted by molar-refractivity contribution is 9.10. The van der Waals surface area contributed by atoms with E-state index in [4.69, 9.17) is 4.74 Å². The summed E-state index contributed by atoms with van der Waals surface area (Å²) in [6.07, 6.45) is 1.64. The van der Waals surface area contributed by atoms with Gasteiger partial charge in [-0.1, -0.05) is 0 Å². The molecule has 0 unspecified atom stereocenters. The van der Waals surface area contributed by atoms with Crippen molar-refractivity contribution >= 4 is 27.8 Å². The molecule has 0 saturated carbocycles. The number of carbonyl (C=O) groups excluding carboxylic acids is 1. The fraction of sp³-hybridized carbons (Fsp3) is 0.583. The van der Waals surface area contributed by atoms with E-state index >= 15 is 0 Å². The van der Waals surface area contributed by atoms with Crippen molar-refractivity contribution in [1.29, 1.82) is 0 Å². The number of amides is 1. The third-order valence-electron chi connectivity index (χ3n) is 3.34. The molecule has 0 spiro atoms. The third kappa shape index (κ3) is 2.39. The average molecular weight is 329 g/mol. The normalized spacial score (nSPS) is 18.7. The zero-order valence-electron chi connectivity index (χ0n) is 11.5. The molecule has 104 valence electrons. The van der Waals surface area contributed by atoms with Crippen LogP contribution in [-0.2, 0) is 4.79 Å². The summed E-state index contributed by atoms with van der Waals surface area (Å²) in [5.41, 5.74) is -0.661. The van der Waals surface area contributed by atoms with Gasteiger partial charge in [-0.2, -0.15) is 4.98 Å². The van der Waals surface area contributed by atoms with Crippen molar-refractivity contribution in [3.63, 3.8) is 0 Å². The molecule has 0 aliphatic carbocycles. The largest absolute Gasteiger partial charge is 0.480 e. The van der Waals surface area contributed by atoms with Gasteiger partial charge in [0, 0.05) is 20.1 Å². The zero-order valence-corrected chi connectivity index (χ0v) is 13.1. The molecular weight excluding hydrogens is 312 g/mol. The van der Waals surface area contributed by atoms with Gasteiger partial charge in [-0.3, -0.25) is 4.79 Å². The monoisotopic (exact) mass is 328 g/mol. The molecule has 1 aliphatic heterocycles. The highest BCUT2D eigenvalue weighted by Crippen LogP contribution is 2.29. The van der Waals surface area contributed by atoms with Crippen molar-refractivity contribution in [2.75, 3.05) is 32.1 Å². The molecule has 0 radical (unpaired) electrons. The molecule has 0 bridgehead atoms. The summed E-state index contributed by atoms with van der Waals surface area (Å²) < 4.78 is 5.86. The lowest BCUT2D eigenvalue weighted by Crippen LogP contribution is -2.62. The minimum atomic E-state index is -0.661. The lowest BCUT2D eigenvalue weighted by molar-refractivity contribution is -0.136. The Kier molecular flexibility index (Phi) is 3.66. The SMILES string of the molecule is COc1nc(N2CCN(C)C(=O)C2(C)C)ncc1Br. The van der Waals surface area contributed by atoms with E-state index in [1.165, 1.54) is 0 Å². The predicted molar refractivity (Wildman–Crippen MR) is 75.3 cm³/mol. The number of halogens is 1. The highest BCUT2D eigenvalue weighted by Gasteiger charge is 2.41. The third-order valence-corrected chi connectivity index (χ3v) is 3.88. The van der Waals surface area contributed by atoms with E-state index in [2.05, 4.69) is 25.9 Å². The fourth-order valence-corrected chi connectivity index (χ4v) is 2.53. The van der Waals surface area contributed by atoms with Crippen LogP contribution in [0.25, 0.3) is 0 Å². The van der Waals surface area contributed by atoms with Gasteiger partial charge < -0.3 is 14.5 Å². The average Bonchev–Trinajstić information content (AvgIpc) is 2.37. The Morgan fingerprint density at radius 2 is 2.11 bits per heavy atom. The predicted octanol–water partition coefficient (Wildman–Crippen LogP) is 1.30. The fourth-order valence-electron chi connectivity index (χ4n) is 2.18. The number of anilines is 1. The van der Waals surface area contributed by atoms with Crippen LogP contribution in [0.2, 0.25) is 0 Å². The Hall–Kier alpha value is -1.37. The van der Waals surface area contributed by atoms with Gasteiger partial charge in [0.05, 0.1) is 17.8 Å². The minimum Gasteiger partial charge on any atom is -0.480 e. The summed E-state index contributed by atoms with van der Waals surface area (Å²) in [5.74, 6) is 1.03. The van der Waals surface area contributed by atoms with Crippen LogP contribution in [0.15, 0.2) is 10.7 Å². The first kappa shape index (κ1) is 14.0. The molecule has 7 heteroatoms. The van der Waals surface area contributed by atoms with Crippen LogP contribution in [0.4, 0.5) is 5.95 Å². The molecule has 0 aromatic carbocycles. The Labute approximate surface area is 120 Å². The molecule has 1 fully saturated rings. The Balaban J connectivity index is 2.38. The molecule has 0 N–H and O–H groups in total. The lowest BCUT2D eigenvalue weighted by Gasteiger charge is -2.44. The molecule has 2 rings (SSSR count). The lowest BCUT2D eigenvalue weighted by atomic mass is 9.98. The first-order valence-corrected chi connectivity index (χ1v) is 6.77. The minimum absolute atomic E-state index is 0.0595. The Bertz CT molecular complexity index is 507. The van der Waals surface area contributed by atoms with Gasteiger partial charge in [-0.05, 0) is 29.8 Å². The van der Waals surface area contributed by atoms with E-state index in [0.29, 0.717) is 29.4 Å². The molecule has 1 aromatic rings. The van der Waals surface area contributed by atoms with Crippen LogP contribution in [0, 0.1) is 0 Å². The van der Waals surface area contributed by atoms with Gasteiger partial charge in [0.25, 0.3) is 0 Å². The number of carbonyl (C=O) groups is 1. The summed E-state index contributed by atoms with van der Waals surface area (Å²) in [4.78, 5) is 24.5. The zero-order chi connectivity index (χ0) is 14.2. The second-order valence-electron chi connectivity index (χ2n) is 4.96.